The summed E-state index contributed by atoms with van der Waals surface area (Å²) < 4.78 is 0. The molecule has 0 saturated heterocycles. The molecule has 1 fully saturated rings. The molecule has 90 valence electrons. The highest BCUT2D eigenvalue weighted by Crippen LogP contribution is 2.33. The van der Waals surface area contributed by atoms with E-state index in [0.29, 0.717) is 5.41 Å². The topological polar surface area (TPSA) is 26.0 Å². The maximum atomic E-state index is 5.74. The molecule has 0 amide bonds. The van der Waals surface area contributed by atoms with E-state index in [-0.39, 0.29) is 0 Å². The van der Waals surface area contributed by atoms with Gasteiger partial charge in [-0.1, -0.05) is 33.6 Å². The van der Waals surface area contributed by atoms with Crippen molar-refractivity contribution >= 4 is 11.8 Å². The third-order valence-corrected chi connectivity index (χ3v) is 4.91. The van der Waals surface area contributed by atoms with Crippen LogP contribution in [0.15, 0.2) is 0 Å². The molecule has 2 N–H and O–H groups in total. The van der Waals surface area contributed by atoms with Gasteiger partial charge >= 0.3 is 0 Å². The molecule has 2 atom stereocenters. The maximum Gasteiger partial charge on any atom is 0.00495 e. The molecule has 1 nitrogen and oxygen atoms in total. The second-order valence-corrected chi connectivity index (χ2v) is 7.29. The van der Waals surface area contributed by atoms with Crippen LogP contribution in [-0.4, -0.2) is 17.5 Å². The van der Waals surface area contributed by atoms with Crippen LogP contribution in [0.3, 0.4) is 0 Å². The van der Waals surface area contributed by atoms with Crippen LogP contribution in [0.1, 0.15) is 52.9 Å². The van der Waals surface area contributed by atoms with Crippen molar-refractivity contribution in [2.75, 3.05) is 12.3 Å². The highest BCUT2D eigenvalue weighted by molar-refractivity contribution is 7.99. The van der Waals surface area contributed by atoms with Crippen LogP contribution >= 0.6 is 11.8 Å². The molecular weight excluding hydrogens is 202 g/mol. The third-order valence-electron chi connectivity index (χ3n) is 3.57. The lowest BCUT2D eigenvalue weighted by Crippen LogP contribution is -2.24. The Hall–Kier alpha value is 0.310. The summed E-state index contributed by atoms with van der Waals surface area (Å²) >= 11 is 2.19. The van der Waals surface area contributed by atoms with Crippen molar-refractivity contribution in [2.45, 2.75) is 58.1 Å². The summed E-state index contributed by atoms with van der Waals surface area (Å²) in [7, 11) is 0. The molecule has 0 aromatic rings. The second-order valence-electron chi connectivity index (χ2n) is 5.88. The van der Waals surface area contributed by atoms with Gasteiger partial charge in [-0.05, 0) is 42.9 Å². The standard InChI is InChI=1S/C13H27NS/c1-11-5-4-6-12(9-11)15-8-7-13(2,3)10-14/h11-12H,4-10,14H2,1-3H3. The van der Waals surface area contributed by atoms with E-state index in [9.17, 15) is 0 Å². The molecule has 1 aliphatic rings. The molecule has 0 aromatic carbocycles. The smallest absolute Gasteiger partial charge is 0.00495 e. The largest absolute Gasteiger partial charge is 0.330 e. The Labute approximate surface area is 99.6 Å². The molecule has 0 bridgehead atoms. The third kappa shape index (κ3) is 5.26. The molecule has 0 heterocycles. The van der Waals surface area contributed by atoms with Crippen LogP contribution in [0.5, 0.6) is 0 Å². The summed E-state index contributed by atoms with van der Waals surface area (Å²) in [6, 6.07) is 0. The van der Waals surface area contributed by atoms with E-state index in [4.69, 9.17) is 5.73 Å². The fourth-order valence-corrected chi connectivity index (χ4v) is 3.94. The molecule has 2 heteroatoms. The Balaban J connectivity index is 2.14. The van der Waals surface area contributed by atoms with Crippen molar-refractivity contribution in [3.05, 3.63) is 0 Å². The summed E-state index contributed by atoms with van der Waals surface area (Å²) in [4.78, 5) is 0. The lowest BCUT2D eigenvalue weighted by Gasteiger charge is -2.28. The van der Waals surface area contributed by atoms with Crippen molar-refractivity contribution in [1.29, 1.82) is 0 Å². The molecule has 1 aliphatic carbocycles. The van der Waals surface area contributed by atoms with Crippen molar-refractivity contribution < 1.29 is 0 Å². The van der Waals surface area contributed by atoms with Gasteiger partial charge < -0.3 is 5.73 Å². The Kier molecular flexibility index (Phi) is 5.48. The quantitative estimate of drug-likeness (QED) is 0.778. The van der Waals surface area contributed by atoms with Gasteiger partial charge in [-0.3, -0.25) is 0 Å². The Morgan fingerprint density at radius 1 is 1.33 bits per heavy atom. The Bertz CT molecular complexity index is 179. The van der Waals surface area contributed by atoms with Crippen molar-refractivity contribution in [2.24, 2.45) is 17.1 Å². The molecule has 0 spiro atoms. The van der Waals surface area contributed by atoms with Crippen LogP contribution in [0.4, 0.5) is 0 Å². The summed E-state index contributed by atoms with van der Waals surface area (Å²) in [6.07, 6.45) is 7.04. The van der Waals surface area contributed by atoms with Crippen molar-refractivity contribution in [3.8, 4) is 0 Å². The van der Waals surface area contributed by atoms with Crippen LogP contribution in [0.2, 0.25) is 0 Å². The Morgan fingerprint density at radius 3 is 2.67 bits per heavy atom. The minimum atomic E-state index is 0.341. The van der Waals surface area contributed by atoms with E-state index in [2.05, 4.69) is 32.5 Å². The van der Waals surface area contributed by atoms with Crippen molar-refractivity contribution in [1.82, 2.24) is 0 Å². The fourth-order valence-electron chi connectivity index (χ4n) is 2.13. The first kappa shape index (κ1) is 13.4. The molecule has 1 rings (SSSR count). The molecule has 1 saturated carbocycles. The fraction of sp³-hybridized carbons (Fsp3) is 1.00. The zero-order chi connectivity index (χ0) is 11.3. The van der Waals surface area contributed by atoms with E-state index < -0.39 is 0 Å². The lowest BCUT2D eigenvalue weighted by atomic mass is 9.90. The van der Waals surface area contributed by atoms with Crippen LogP contribution in [-0.2, 0) is 0 Å². The van der Waals surface area contributed by atoms with Gasteiger partial charge in [-0.15, -0.1) is 0 Å². The highest BCUT2D eigenvalue weighted by Gasteiger charge is 2.20. The number of thioether (sulfide) groups is 1. The minimum absolute atomic E-state index is 0.341. The average molecular weight is 229 g/mol. The first-order chi connectivity index (χ1) is 7.03. The maximum absolute atomic E-state index is 5.74. The molecule has 0 aliphatic heterocycles. The molecule has 2 unspecified atom stereocenters. The minimum Gasteiger partial charge on any atom is -0.330 e. The molecule has 0 aromatic heterocycles. The van der Waals surface area contributed by atoms with Crippen LogP contribution < -0.4 is 5.73 Å². The number of hydrogen-bond donors (Lipinski definition) is 1. The zero-order valence-corrected chi connectivity index (χ0v) is 11.4. The van der Waals surface area contributed by atoms with Gasteiger partial charge in [0.15, 0.2) is 0 Å². The monoisotopic (exact) mass is 229 g/mol. The van der Waals surface area contributed by atoms with Crippen LogP contribution in [0, 0.1) is 11.3 Å². The predicted octanol–water partition coefficient (Wildman–Crippen LogP) is 3.67. The van der Waals surface area contributed by atoms with Crippen molar-refractivity contribution in [3.63, 3.8) is 0 Å². The SMILES string of the molecule is CC1CCCC(SCCC(C)(C)CN)C1. The number of nitrogens with two attached hydrogens (primary N) is 1. The van der Waals surface area contributed by atoms with E-state index in [1.807, 2.05) is 0 Å². The first-order valence-corrected chi connectivity index (χ1v) is 7.40. The number of rotatable bonds is 5. The predicted molar refractivity (Wildman–Crippen MR) is 71.3 cm³/mol. The zero-order valence-electron chi connectivity index (χ0n) is 10.6. The normalized spacial score (nSPS) is 28.0. The highest BCUT2D eigenvalue weighted by atomic mass is 32.2. The van der Waals surface area contributed by atoms with Gasteiger partial charge in [0.05, 0.1) is 0 Å². The summed E-state index contributed by atoms with van der Waals surface area (Å²) in [5.41, 5.74) is 6.08. The summed E-state index contributed by atoms with van der Waals surface area (Å²) in [5, 5.41) is 0.933. The van der Waals surface area contributed by atoms with E-state index >= 15 is 0 Å². The molecule has 15 heavy (non-hydrogen) atoms. The van der Waals surface area contributed by atoms with E-state index in [0.717, 1.165) is 17.7 Å². The first-order valence-electron chi connectivity index (χ1n) is 6.35. The van der Waals surface area contributed by atoms with Gasteiger partial charge in [-0.25, -0.2) is 0 Å². The second kappa shape index (κ2) is 6.15. The number of hydrogen-bond acceptors (Lipinski definition) is 2. The lowest BCUT2D eigenvalue weighted by molar-refractivity contribution is 0.366. The van der Waals surface area contributed by atoms with Gasteiger partial charge in [0.1, 0.15) is 0 Å². The Morgan fingerprint density at radius 2 is 2.07 bits per heavy atom. The summed E-state index contributed by atoms with van der Waals surface area (Å²) in [5.74, 6) is 2.25. The van der Waals surface area contributed by atoms with E-state index in [1.165, 1.54) is 37.9 Å². The van der Waals surface area contributed by atoms with Gasteiger partial charge in [-0.2, -0.15) is 11.8 Å². The average Bonchev–Trinajstić information content (AvgIpc) is 2.18. The van der Waals surface area contributed by atoms with E-state index in [1.54, 1.807) is 0 Å². The summed E-state index contributed by atoms with van der Waals surface area (Å²) in [6.45, 7) is 7.76. The molecule has 0 radical (unpaired) electrons. The molecular formula is C13H27NS. The van der Waals surface area contributed by atoms with Crippen LogP contribution in [0.25, 0.3) is 0 Å². The van der Waals surface area contributed by atoms with Gasteiger partial charge in [0.25, 0.3) is 0 Å². The van der Waals surface area contributed by atoms with Gasteiger partial charge in [0.2, 0.25) is 0 Å². The van der Waals surface area contributed by atoms with Gasteiger partial charge in [0, 0.05) is 5.25 Å².